The van der Waals surface area contributed by atoms with E-state index in [4.69, 9.17) is 0 Å². The number of hydrogen-bond donors (Lipinski definition) is 1. The van der Waals surface area contributed by atoms with Gasteiger partial charge in [-0.15, -0.1) is 22.7 Å². The van der Waals surface area contributed by atoms with Crippen LogP contribution < -0.4 is 5.32 Å². The molecule has 1 aromatic carbocycles. The fourth-order valence-electron chi connectivity index (χ4n) is 2.36. The lowest BCUT2D eigenvalue weighted by molar-refractivity contribution is 0.0954. The highest BCUT2D eigenvalue weighted by Gasteiger charge is 2.08. The van der Waals surface area contributed by atoms with Crippen LogP contribution in [0.3, 0.4) is 0 Å². The fourth-order valence-corrected chi connectivity index (χ4v) is 4.02. The standard InChI is InChI=1S/C19H19N3O2S2/c1-13-22-17(12-25-13)18-8-7-16(26-18)9-10-20-19(23)15-5-3-14(4-6-15)11-21-24-2/h3-8,11-12H,9-10H2,1-2H3,(H,20,23)/b21-11+. The van der Waals surface area contributed by atoms with E-state index in [1.807, 2.05) is 19.1 Å². The van der Waals surface area contributed by atoms with Crippen LogP contribution in [0, 0.1) is 6.92 Å². The molecule has 3 rings (SSSR count). The molecular weight excluding hydrogens is 366 g/mol. The molecule has 7 heteroatoms. The molecule has 134 valence electrons. The highest BCUT2D eigenvalue weighted by Crippen LogP contribution is 2.29. The molecule has 0 aliphatic heterocycles. The Morgan fingerprint density at radius 1 is 1.27 bits per heavy atom. The second-order valence-corrected chi connectivity index (χ2v) is 7.79. The van der Waals surface area contributed by atoms with Crippen molar-refractivity contribution in [2.24, 2.45) is 5.16 Å². The Morgan fingerprint density at radius 3 is 2.77 bits per heavy atom. The van der Waals surface area contributed by atoms with E-state index in [0.29, 0.717) is 12.1 Å². The van der Waals surface area contributed by atoms with Gasteiger partial charge in [-0.3, -0.25) is 4.79 Å². The number of benzene rings is 1. The van der Waals surface area contributed by atoms with Gasteiger partial charge in [-0.25, -0.2) is 4.98 Å². The third-order valence-electron chi connectivity index (χ3n) is 3.67. The van der Waals surface area contributed by atoms with E-state index in [0.717, 1.165) is 22.7 Å². The number of oxime groups is 1. The third kappa shape index (κ3) is 4.77. The van der Waals surface area contributed by atoms with Crippen LogP contribution in [-0.4, -0.2) is 30.8 Å². The summed E-state index contributed by atoms with van der Waals surface area (Å²) in [5.74, 6) is -0.0767. The number of hydrogen-bond acceptors (Lipinski definition) is 6. The second kappa shape index (κ2) is 8.73. The summed E-state index contributed by atoms with van der Waals surface area (Å²) in [7, 11) is 1.49. The molecule has 1 amide bonds. The van der Waals surface area contributed by atoms with Gasteiger partial charge in [0.25, 0.3) is 5.91 Å². The van der Waals surface area contributed by atoms with Crippen molar-refractivity contribution < 1.29 is 9.63 Å². The SMILES string of the molecule is CO/N=C/c1ccc(C(=O)NCCc2ccc(-c3csc(C)n3)s2)cc1. The lowest BCUT2D eigenvalue weighted by Crippen LogP contribution is -2.25. The van der Waals surface area contributed by atoms with Gasteiger partial charge in [0.15, 0.2) is 0 Å². The van der Waals surface area contributed by atoms with Crippen molar-refractivity contribution in [3.8, 4) is 10.6 Å². The molecular formula is C19H19N3O2S2. The van der Waals surface area contributed by atoms with Gasteiger partial charge >= 0.3 is 0 Å². The van der Waals surface area contributed by atoms with Crippen molar-refractivity contribution in [2.45, 2.75) is 13.3 Å². The quantitative estimate of drug-likeness (QED) is 0.491. The first-order valence-electron chi connectivity index (χ1n) is 8.11. The van der Waals surface area contributed by atoms with Crippen LogP contribution >= 0.6 is 22.7 Å². The van der Waals surface area contributed by atoms with Gasteiger partial charge < -0.3 is 10.2 Å². The molecule has 0 aliphatic rings. The number of thiophene rings is 1. The number of carbonyl (C=O) groups is 1. The van der Waals surface area contributed by atoms with Crippen molar-refractivity contribution in [1.82, 2.24) is 10.3 Å². The van der Waals surface area contributed by atoms with Crippen LogP contribution in [0.15, 0.2) is 46.9 Å². The molecule has 0 saturated carbocycles. The van der Waals surface area contributed by atoms with Crippen LogP contribution in [0.4, 0.5) is 0 Å². The summed E-state index contributed by atoms with van der Waals surface area (Å²) in [6.07, 6.45) is 2.40. The lowest BCUT2D eigenvalue weighted by atomic mass is 10.1. The minimum absolute atomic E-state index is 0.0767. The van der Waals surface area contributed by atoms with Gasteiger partial charge in [0.05, 0.1) is 21.8 Å². The van der Waals surface area contributed by atoms with Crippen LogP contribution in [-0.2, 0) is 11.3 Å². The molecule has 0 atom stereocenters. The number of carbonyl (C=O) groups excluding carboxylic acids is 1. The number of nitrogens with one attached hydrogen (secondary N) is 1. The Hall–Kier alpha value is -2.51. The van der Waals surface area contributed by atoms with Crippen LogP contribution in [0.25, 0.3) is 10.6 Å². The molecule has 3 aromatic rings. The first kappa shape index (κ1) is 18.3. The number of aryl methyl sites for hydroxylation is 1. The Balaban J connectivity index is 1.51. The minimum atomic E-state index is -0.0767. The fraction of sp³-hybridized carbons (Fsp3) is 0.211. The van der Waals surface area contributed by atoms with Crippen molar-refractivity contribution in [3.63, 3.8) is 0 Å². The number of aromatic nitrogens is 1. The first-order chi connectivity index (χ1) is 12.7. The van der Waals surface area contributed by atoms with E-state index in [9.17, 15) is 4.79 Å². The smallest absolute Gasteiger partial charge is 0.251 e. The molecule has 0 saturated heterocycles. The average Bonchev–Trinajstić information content (AvgIpc) is 3.29. The Morgan fingerprint density at radius 2 is 2.08 bits per heavy atom. The zero-order chi connectivity index (χ0) is 18.4. The Kier molecular flexibility index (Phi) is 6.14. The maximum absolute atomic E-state index is 12.2. The summed E-state index contributed by atoms with van der Waals surface area (Å²) < 4.78 is 0. The molecule has 0 bridgehead atoms. The summed E-state index contributed by atoms with van der Waals surface area (Å²) in [4.78, 5) is 23.8. The first-order valence-corrected chi connectivity index (χ1v) is 9.81. The van der Waals surface area contributed by atoms with Crippen LogP contribution in [0.5, 0.6) is 0 Å². The van der Waals surface area contributed by atoms with Gasteiger partial charge in [-0.1, -0.05) is 17.3 Å². The van der Waals surface area contributed by atoms with Gasteiger partial charge in [-0.05, 0) is 43.2 Å². The van der Waals surface area contributed by atoms with E-state index < -0.39 is 0 Å². The largest absolute Gasteiger partial charge is 0.399 e. The van der Waals surface area contributed by atoms with E-state index >= 15 is 0 Å². The summed E-state index contributed by atoms with van der Waals surface area (Å²) in [6, 6.07) is 11.4. The van der Waals surface area contributed by atoms with E-state index in [-0.39, 0.29) is 5.91 Å². The molecule has 2 aromatic heterocycles. The summed E-state index contributed by atoms with van der Waals surface area (Å²) >= 11 is 3.38. The van der Waals surface area contributed by atoms with Crippen molar-refractivity contribution in [1.29, 1.82) is 0 Å². The summed E-state index contributed by atoms with van der Waals surface area (Å²) in [5, 5.41) is 9.80. The number of thiazole rings is 1. The highest BCUT2D eigenvalue weighted by molar-refractivity contribution is 7.16. The van der Waals surface area contributed by atoms with E-state index in [1.54, 1.807) is 41.0 Å². The van der Waals surface area contributed by atoms with E-state index in [1.165, 1.54) is 16.9 Å². The molecule has 0 spiro atoms. The molecule has 26 heavy (non-hydrogen) atoms. The van der Waals surface area contributed by atoms with E-state index in [2.05, 4.69) is 37.8 Å². The van der Waals surface area contributed by atoms with Crippen LogP contribution in [0.2, 0.25) is 0 Å². The summed E-state index contributed by atoms with van der Waals surface area (Å²) in [5.41, 5.74) is 2.54. The van der Waals surface area contributed by atoms with Crippen LogP contribution in [0.1, 0.15) is 25.8 Å². The molecule has 0 radical (unpaired) electrons. The Labute approximate surface area is 160 Å². The second-order valence-electron chi connectivity index (χ2n) is 5.56. The van der Waals surface area contributed by atoms with Gasteiger partial charge in [0, 0.05) is 22.4 Å². The molecule has 0 fully saturated rings. The van der Waals surface area contributed by atoms with Crippen molar-refractivity contribution in [2.75, 3.05) is 13.7 Å². The Bertz CT molecular complexity index is 898. The topological polar surface area (TPSA) is 63.6 Å². The van der Waals surface area contributed by atoms with Crippen molar-refractivity contribution >= 4 is 34.8 Å². The number of nitrogens with zero attached hydrogens (tertiary/aromatic N) is 2. The normalized spacial score (nSPS) is 11.0. The molecule has 2 heterocycles. The van der Waals surface area contributed by atoms with Crippen molar-refractivity contribution in [3.05, 3.63) is 62.8 Å². The summed E-state index contributed by atoms with van der Waals surface area (Å²) in [6.45, 7) is 2.61. The molecule has 0 aliphatic carbocycles. The van der Waals surface area contributed by atoms with Gasteiger partial charge in [-0.2, -0.15) is 0 Å². The average molecular weight is 386 g/mol. The molecule has 1 N–H and O–H groups in total. The number of rotatable bonds is 7. The minimum Gasteiger partial charge on any atom is -0.399 e. The molecule has 5 nitrogen and oxygen atoms in total. The maximum atomic E-state index is 12.2. The number of amides is 1. The van der Waals surface area contributed by atoms with Gasteiger partial charge in [0.2, 0.25) is 0 Å². The zero-order valence-corrected chi connectivity index (χ0v) is 16.2. The molecule has 0 unspecified atom stereocenters. The predicted molar refractivity (Wildman–Crippen MR) is 107 cm³/mol. The van der Waals surface area contributed by atoms with Gasteiger partial charge in [0.1, 0.15) is 7.11 Å². The maximum Gasteiger partial charge on any atom is 0.251 e. The zero-order valence-electron chi connectivity index (χ0n) is 14.6. The lowest BCUT2D eigenvalue weighted by Gasteiger charge is -2.04. The third-order valence-corrected chi connectivity index (χ3v) is 5.61. The highest BCUT2D eigenvalue weighted by atomic mass is 32.1. The predicted octanol–water partition coefficient (Wildman–Crippen LogP) is 4.13. The monoisotopic (exact) mass is 385 g/mol.